The van der Waals surface area contributed by atoms with Gasteiger partial charge in [-0.2, -0.15) is 0 Å². The molecule has 1 fully saturated rings. The van der Waals surface area contributed by atoms with Gasteiger partial charge in [-0.15, -0.1) is 0 Å². The van der Waals surface area contributed by atoms with Crippen LogP contribution in [0.5, 0.6) is 0 Å². The van der Waals surface area contributed by atoms with Gasteiger partial charge in [0.2, 0.25) is 5.91 Å². The number of rotatable bonds is 4. The van der Waals surface area contributed by atoms with Crippen molar-refractivity contribution in [1.29, 1.82) is 0 Å². The molecule has 0 saturated carbocycles. The summed E-state index contributed by atoms with van der Waals surface area (Å²) in [6.45, 7) is 2.38. The molecule has 2 rings (SSSR count). The quantitative estimate of drug-likeness (QED) is 0.897. The first-order valence-corrected chi connectivity index (χ1v) is 7.47. The van der Waals surface area contributed by atoms with Gasteiger partial charge in [-0.25, -0.2) is 0 Å². The van der Waals surface area contributed by atoms with Gasteiger partial charge in [0.25, 0.3) is 0 Å². The molecule has 0 bridgehead atoms. The van der Waals surface area contributed by atoms with Gasteiger partial charge in [-0.3, -0.25) is 9.69 Å². The Morgan fingerprint density at radius 2 is 2.10 bits per heavy atom. The van der Waals surface area contributed by atoms with Crippen LogP contribution in [0, 0.1) is 0 Å². The van der Waals surface area contributed by atoms with E-state index in [0.717, 1.165) is 25.9 Å². The molecule has 0 spiro atoms. The van der Waals surface area contributed by atoms with Crippen molar-refractivity contribution in [1.82, 2.24) is 10.2 Å². The third-order valence-electron chi connectivity index (χ3n) is 3.53. The Balaban J connectivity index is 1.89. The molecule has 0 radical (unpaired) electrons. The standard InChI is InChI=1S/C14H19Cl2N3O/c1-19(11-4-6-17-7-5-11)9-14(20)18-13-8-10(15)2-3-12(13)16/h2-3,8,11,17H,4-7,9H2,1H3,(H,18,20). The van der Waals surface area contributed by atoms with Crippen LogP contribution in [0.4, 0.5) is 5.69 Å². The van der Waals surface area contributed by atoms with Crippen LogP contribution in [0.3, 0.4) is 0 Å². The highest BCUT2D eigenvalue weighted by atomic mass is 35.5. The second kappa shape index (κ2) is 7.27. The summed E-state index contributed by atoms with van der Waals surface area (Å²) in [7, 11) is 1.98. The van der Waals surface area contributed by atoms with E-state index < -0.39 is 0 Å². The van der Waals surface area contributed by atoms with Gasteiger partial charge in [-0.05, 0) is 51.2 Å². The van der Waals surface area contributed by atoms with E-state index in [9.17, 15) is 4.79 Å². The second-order valence-electron chi connectivity index (χ2n) is 5.07. The molecule has 1 aliphatic rings. The van der Waals surface area contributed by atoms with Gasteiger partial charge in [0.1, 0.15) is 0 Å². The molecule has 6 heteroatoms. The fourth-order valence-corrected chi connectivity index (χ4v) is 2.72. The minimum atomic E-state index is -0.0739. The number of likely N-dealkylation sites (N-methyl/N-ethyl adjacent to an activating group) is 1. The van der Waals surface area contributed by atoms with Crippen molar-refractivity contribution in [3.8, 4) is 0 Å². The smallest absolute Gasteiger partial charge is 0.238 e. The fraction of sp³-hybridized carbons (Fsp3) is 0.500. The summed E-state index contributed by atoms with van der Waals surface area (Å²) < 4.78 is 0. The summed E-state index contributed by atoms with van der Waals surface area (Å²) in [5.41, 5.74) is 0.558. The third kappa shape index (κ3) is 4.35. The first kappa shape index (κ1) is 15.6. The maximum absolute atomic E-state index is 12.1. The lowest BCUT2D eigenvalue weighted by molar-refractivity contribution is -0.117. The predicted octanol–water partition coefficient (Wildman–Crippen LogP) is 2.62. The Bertz CT molecular complexity index is 475. The largest absolute Gasteiger partial charge is 0.324 e. The van der Waals surface area contributed by atoms with E-state index in [1.54, 1.807) is 18.2 Å². The Morgan fingerprint density at radius 1 is 1.40 bits per heavy atom. The molecule has 0 atom stereocenters. The lowest BCUT2D eigenvalue weighted by atomic mass is 10.1. The number of carbonyl (C=O) groups is 1. The lowest BCUT2D eigenvalue weighted by Crippen LogP contribution is -2.44. The average molecular weight is 316 g/mol. The molecule has 1 saturated heterocycles. The summed E-state index contributed by atoms with van der Waals surface area (Å²) in [5.74, 6) is -0.0739. The Labute approximate surface area is 129 Å². The Kier molecular flexibility index (Phi) is 5.66. The topological polar surface area (TPSA) is 44.4 Å². The SMILES string of the molecule is CN(CC(=O)Nc1cc(Cl)ccc1Cl)C1CCNCC1. The molecule has 4 nitrogen and oxygen atoms in total. The van der Waals surface area contributed by atoms with Gasteiger partial charge in [0.15, 0.2) is 0 Å². The van der Waals surface area contributed by atoms with Gasteiger partial charge in [0, 0.05) is 11.1 Å². The van der Waals surface area contributed by atoms with E-state index in [-0.39, 0.29) is 5.91 Å². The van der Waals surface area contributed by atoms with Crippen LogP contribution < -0.4 is 10.6 Å². The summed E-state index contributed by atoms with van der Waals surface area (Å²) >= 11 is 11.9. The lowest BCUT2D eigenvalue weighted by Gasteiger charge is -2.31. The number of anilines is 1. The minimum absolute atomic E-state index is 0.0739. The molecule has 0 aliphatic carbocycles. The first-order valence-electron chi connectivity index (χ1n) is 6.72. The minimum Gasteiger partial charge on any atom is -0.324 e. The number of piperidine rings is 1. The van der Waals surface area contributed by atoms with Crippen LogP contribution in [-0.4, -0.2) is 43.5 Å². The van der Waals surface area contributed by atoms with Crippen molar-refractivity contribution in [2.75, 3.05) is 32.0 Å². The molecule has 1 amide bonds. The van der Waals surface area contributed by atoms with Crippen molar-refractivity contribution in [3.63, 3.8) is 0 Å². The number of hydrogen-bond donors (Lipinski definition) is 2. The van der Waals surface area contributed by atoms with Crippen LogP contribution in [0.1, 0.15) is 12.8 Å². The van der Waals surface area contributed by atoms with Crippen LogP contribution >= 0.6 is 23.2 Å². The molecule has 1 aromatic carbocycles. The van der Waals surface area contributed by atoms with Crippen LogP contribution in [-0.2, 0) is 4.79 Å². The van der Waals surface area contributed by atoms with Gasteiger partial charge in [0.05, 0.1) is 17.3 Å². The second-order valence-corrected chi connectivity index (χ2v) is 5.91. The predicted molar refractivity (Wildman–Crippen MR) is 83.6 cm³/mol. The number of amides is 1. The summed E-state index contributed by atoms with van der Waals surface area (Å²) in [6.07, 6.45) is 2.14. The highest BCUT2D eigenvalue weighted by Crippen LogP contribution is 2.25. The maximum Gasteiger partial charge on any atom is 0.238 e. The maximum atomic E-state index is 12.1. The molecule has 110 valence electrons. The zero-order valence-electron chi connectivity index (χ0n) is 11.5. The highest BCUT2D eigenvalue weighted by Gasteiger charge is 2.19. The van der Waals surface area contributed by atoms with Crippen molar-refractivity contribution < 1.29 is 4.79 Å². The molecular weight excluding hydrogens is 297 g/mol. The van der Waals surface area contributed by atoms with Crippen molar-refractivity contribution in [2.24, 2.45) is 0 Å². The molecule has 1 aromatic rings. The Morgan fingerprint density at radius 3 is 2.80 bits per heavy atom. The van der Waals surface area contributed by atoms with Crippen molar-refractivity contribution in [3.05, 3.63) is 28.2 Å². The summed E-state index contributed by atoms with van der Waals surface area (Å²) in [4.78, 5) is 14.2. The molecule has 2 N–H and O–H groups in total. The monoisotopic (exact) mass is 315 g/mol. The number of benzene rings is 1. The molecule has 0 unspecified atom stereocenters. The molecule has 20 heavy (non-hydrogen) atoms. The average Bonchev–Trinajstić information content (AvgIpc) is 2.43. The fourth-order valence-electron chi connectivity index (χ4n) is 2.39. The summed E-state index contributed by atoms with van der Waals surface area (Å²) in [5, 5.41) is 7.17. The van der Waals surface area contributed by atoms with Crippen LogP contribution in [0.2, 0.25) is 10.0 Å². The zero-order valence-corrected chi connectivity index (χ0v) is 13.0. The summed E-state index contributed by atoms with van der Waals surface area (Å²) in [6, 6.07) is 5.49. The van der Waals surface area contributed by atoms with Gasteiger partial charge < -0.3 is 10.6 Å². The van der Waals surface area contributed by atoms with Gasteiger partial charge >= 0.3 is 0 Å². The highest BCUT2D eigenvalue weighted by molar-refractivity contribution is 6.35. The first-order chi connectivity index (χ1) is 9.56. The number of carbonyl (C=O) groups excluding carboxylic acids is 1. The third-order valence-corrected chi connectivity index (χ3v) is 4.09. The van der Waals surface area contributed by atoms with Crippen molar-refractivity contribution in [2.45, 2.75) is 18.9 Å². The number of nitrogens with one attached hydrogen (secondary N) is 2. The normalized spacial score (nSPS) is 16.4. The van der Waals surface area contributed by atoms with E-state index >= 15 is 0 Å². The molecule has 0 aromatic heterocycles. The molecule has 1 aliphatic heterocycles. The van der Waals surface area contributed by atoms with E-state index in [0.29, 0.717) is 28.3 Å². The van der Waals surface area contributed by atoms with E-state index in [1.807, 2.05) is 7.05 Å². The molecule has 1 heterocycles. The number of nitrogens with zero attached hydrogens (tertiary/aromatic N) is 1. The van der Waals surface area contributed by atoms with Crippen LogP contribution in [0.25, 0.3) is 0 Å². The van der Waals surface area contributed by atoms with E-state index in [1.165, 1.54) is 0 Å². The van der Waals surface area contributed by atoms with E-state index in [2.05, 4.69) is 15.5 Å². The van der Waals surface area contributed by atoms with Crippen molar-refractivity contribution >= 4 is 34.8 Å². The Hall–Kier alpha value is -0.810. The molecular formula is C14H19Cl2N3O. The zero-order chi connectivity index (χ0) is 14.5. The number of hydrogen-bond acceptors (Lipinski definition) is 3. The van der Waals surface area contributed by atoms with E-state index in [4.69, 9.17) is 23.2 Å². The van der Waals surface area contributed by atoms with Crippen LogP contribution in [0.15, 0.2) is 18.2 Å². The number of halogens is 2. The van der Waals surface area contributed by atoms with Gasteiger partial charge in [-0.1, -0.05) is 23.2 Å².